The second-order valence-corrected chi connectivity index (χ2v) is 9.04. The monoisotopic (exact) mass is 420 g/mol. The van der Waals surface area contributed by atoms with Crippen LogP contribution in [0.4, 0.5) is 11.4 Å². The smallest absolute Gasteiger partial charge is 0.293 e. The fourth-order valence-corrected chi connectivity index (χ4v) is 4.97. The maximum Gasteiger partial charge on any atom is 0.293 e. The van der Waals surface area contributed by atoms with E-state index in [2.05, 4.69) is 10.3 Å². The second kappa shape index (κ2) is 8.75. The molecule has 9 nitrogen and oxygen atoms in total. The van der Waals surface area contributed by atoms with Crippen LogP contribution in [0.3, 0.4) is 0 Å². The molecule has 1 aromatic heterocycles. The Kier molecular flexibility index (Phi) is 6.33. The molecular formula is C19H24N4O5S. The molecule has 2 aromatic rings. The number of nitro benzene ring substituents is 1. The van der Waals surface area contributed by atoms with Crippen molar-refractivity contribution < 1.29 is 18.1 Å². The summed E-state index contributed by atoms with van der Waals surface area (Å²) in [5.41, 5.74) is 0.791. The molecule has 1 atom stereocenters. The second-order valence-electron chi connectivity index (χ2n) is 7.11. The number of piperidine rings is 1. The molecule has 0 saturated carbocycles. The molecule has 3 rings (SSSR count). The highest BCUT2D eigenvalue weighted by Crippen LogP contribution is 2.31. The van der Waals surface area contributed by atoms with Crippen LogP contribution in [0.5, 0.6) is 5.88 Å². The molecule has 0 aliphatic carbocycles. The summed E-state index contributed by atoms with van der Waals surface area (Å²) >= 11 is 0. The molecular weight excluding hydrogens is 396 g/mol. The lowest BCUT2D eigenvalue weighted by Gasteiger charge is -2.30. The molecule has 29 heavy (non-hydrogen) atoms. The molecule has 1 N–H and O–H groups in total. The van der Waals surface area contributed by atoms with Crippen LogP contribution < -0.4 is 10.1 Å². The Balaban J connectivity index is 1.84. The van der Waals surface area contributed by atoms with E-state index in [0.29, 0.717) is 25.5 Å². The number of sulfonamides is 1. The topological polar surface area (TPSA) is 115 Å². The summed E-state index contributed by atoms with van der Waals surface area (Å²) < 4.78 is 32.3. The van der Waals surface area contributed by atoms with Gasteiger partial charge in [-0.1, -0.05) is 6.92 Å². The van der Waals surface area contributed by atoms with Crippen LogP contribution in [0.1, 0.15) is 25.3 Å². The van der Waals surface area contributed by atoms with Gasteiger partial charge in [0, 0.05) is 38.0 Å². The molecule has 10 heteroatoms. The lowest BCUT2D eigenvalue weighted by molar-refractivity contribution is -0.384. The summed E-state index contributed by atoms with van der Waals surface area (Å²) in [5, 5.41) is 14.6. The van der Waals surface area contributed by atoms with Gasteiger partial charge < -0.3 is 10.1 Å². The highest BCUT2D eigenvalue weighted by Gasteiger charge is 2.30. The average Bonchev–Trinajstić information content (AvgIpc) is 2.72. The molecule has 2 heterocycles. The van der Waals surface area contributed by atoms with Crippen molar-refractivity contribution in [2.75, 3.05) is 25.5 Å². The van der Waals surface area contributed by atoms with Crippen LogP contribution >= 0.6 is 0 Å². The molecule has 0 radical (unpaired) electrons. The molecule has 1 saturated heterocycles. The number of benzene rings is 1. The van der Waals surface area contributed by atoms with Gasteiger partial charge >= 0.3 is 0 Å². The van der Waals surface area contributed by atoms with Crippen LogP contribution in [-0.4, -0.2) is 42.8 Å². The third kappa shape index (κ3) is 4.83. The Morgan fingerprint density at radius 1 is 1.34 bits per heavy atom. The highest BCUT2D eigenvalue weighted by atomic mass is 32.2. The Labute approximate surface area is 169 Å². The first-order valence-electron chi connectivity index (χ1n) is 9.32. The molecule has 1 fully saturated rings. The fourth-order valence-electron chi connectivity index (χ4n) is 3.36. The minimum atomic E-state index is -3.77. The van der Waals surface area contributed by atoms with Gasteiger partial charge in [0.05, 0.1) is 16.9 Å². The summed E-state index contributed by atoms with van der Waals surface area (Å²) in [7, 11) is -2.26. The van der Waals surface area contributed by atoms with E-state index >= 15 is 0 Å². The average molecular weight is 420 g/mol. The van der Waals surface area contributed by atoms with E-state index in [4.69, 9.17) is 4.74 Å². The molecule has 0 amide bonds. The highest BCUT2D eigenvalue weighted by molar-refractivity contribution is 7.89. The Hall–Kier alpha value is -2.72. The van der Waals surface area contributed by atoms with Gasteiger partial charge in [0.15, 0.2) is 0 Å². The van der Waals surface area contributed by atoms with Crippen LogP contribution in [0.15, 0.2) is 41.4 Å². The van der Waals surface area contributed by atoms with Crippen molar-refractivity contribution in [3.63, 3.8) is 0 Å². The summed E-state index contributed by atoms with van der Waals surface area (Å²) in [4.78, 5) is 14.9. The first-order chi connectivity index (χ1) is 13.8. The Bertz CT molecular complexity index is 996. The van der Waals surface area contributed by atoms with Gasteiger partial charge in [0.25, 0.3) is 5.69 Å². The molecule has 156 valence electrons. The van der Waals surface area contributed by atoms with Crippen LogP contribution in [0, 0.1) is 16.0 Å². The number of methoxy groups -OCH3 is 1. The lowest BCUT2D eigenvalue weighted by atomic mass is 10.0. The van der Waals surface area contributed by atoms with Crippen LogP contribution in [0.2, 0.25) is 0 Å². The van der Waals surface area contributed by atoms with Gasteiger partial charge in [-0.05, 0) is 42.5 Å². The molecule has 1 unspecified atom stereocenters. The molecule has 0 bridgehead atoms. The van der Waals surface area contributed by atoms with Gasteiger partial charge in [0.1, 0.15) is 5.69 Å². The Morgan fingerprint density at radius 2 is 2.14 bits per heavy atom. The first-order valence-corrected chi connectivity index (χ1v) is 10.8. The summed E-state index contributed by atoms with van der Waals surface area (Å²) in [5.74, 6) is 0.711. The van der Waals surface area contributed by atoms with E-state index in [1.165, 1.54) is 23.5 Å². The zero-order valence-corrected chi connectivity index (χ0v) is 17.2. The summed E-state index contributed by atoms with van der Waals surface area (Å²) in [6.45, 7) is 3.17. The summed E-state index contributed by atoms with van der Waals surface area (Å²) in [6.07, 6.45) is 3.35. The van der Waals surface area contributed by atoms with E-state index in [1.54, 1.807) is 18.3 Å². The fraction of sp³-hybridized carbons (Fsp3) is 0.421. The van der Waals surface area contributed by atoms with Crippen molar-refractivity contribution in [2.45, 2.75) is 31.2 Å². The number of nitrogens with one attached hydrogen (secondary N) is 1. The van der Waals surface area contributed by atoms with Crippen molar-refractivity contribution in [1.82, 2.24) is 9.29 Å². The number of aromatic nitrogens is 1. The van der Waals surface area contributed by atoms with E-state index in [0.717, 1.165) is 24.5 Å². The number of anilines is 1. The van der Waals surface area contributed by atoms with Crippen molar-refractivity contribution in [2.24, 2.45) is 5.92 Å². The van der Waals surface area contributed by atoms with Crippen molar-refractivity contribution in [3.05, 3.63) is 52.2 Å². The van der Waals surface area contributed by atoms with Crippen LogP contribution in [0.25, 0.3) is 0 Å². The Morgan fingerprint density at radius 3 is 2.83 bits per heavy atom. The van der Waals surface area contributed by atoms with Gasteiger partial charge in [-0.25, -0.2) is 13.4 Å². The molecule has 1 aromatic carbocycles. The van der Waals surface area contributed by atoms with E-state index in [-0.39, 0.29) is 22.2 Å². The first kappa shape index (κ1) is 21.0. The zero-order chi connectivity index (χ0) is 21.0. The van der Waals surface area contributed by atoms with E-state index < -0.39 is 14.9 Å². The minimum Gasteiger partial charge on any atom is -0.481 e. The number of nitro groups is 1. The number of hydrogen-bond acceptors (Lipinski definition) is 7. The van der Waals surface area contributed by atoms with Gasteiger partial charge in [-0.3, -0.25) is 10.1 Å². The van der Waals surface area contributed by atoms with Gasteiger partial charge in [-0.15, -0.1) is 0 Å². The van der Waals surface area contributed by atoms with Crippen molar-refractivity contribution in [1.29, 1.82) is 0 Å². The van der Waals surface area contributed by atoms with E-state index in [1.807, 2.05) is 6.92 Å². The zero-order valence-electron chi connectivity index (χ0n) is 16.4. The number of ether oxygens (including phenoxy) is 1. The van der Waals surface area contributed by atoms with Crippen molar-refractivity contribution in [3.8, 4) is 5.88 Å². The number of hydrogen-bond donors (Lipinski definition) is 1. The van der Waals surface area contributed by atoms with Crippen LogP contribution in [-0.2, 0) is 16.6 Å². The maximum atomic E-state index is 12.9. The quantitative estimate of drug-likeness (QED) is 0.541. The van der Waals surface area contributed by atoms with E-state index in [9.17, 15) is 18.5 Å². The van der Waals surface area contributed by atoms with Gasteiger partial charge in [0.2, 0.25) is 15.9 Å². The number of rotatable bonds is 7. The number of pyridine rings is 1. The molecule has 1 aliphatic heterocycles. The third-order valence-electron chi connectivity index (χ3n) is 4.91. The predicted octanol–water partition coefficient (Wildman–Crippen LogP) is 3.03. The maximum absolute atomic E-state index is 12.9. The SMILES string of the molecule is COc1cc(CNc2ccc(S(=O)(=O)N3CCCC(C)C3)cc2[N+](=O)[O-])ccn1. The number of nitrogens with zero attached hydrogens (tertiary/aromatic N) is 3. The third-order valence-corrected chi connectivity index (χ3v) is 6.78. The van der Waals surface area contributed by atoms with Crippen molar-refractivity contribution >= 4 is 21.4 Å². The van der Waals surface area contributed by atoms with Gasteiger partial charge in [-0.2, -0.15) is 4.31 Å². The minimum absolute atomic E-state index is 0.0607. The largest absolute Gasteiger partial charge is 0.481 e. The molecule has 1 aliphatic rings. The standard InChI is InChI=1S/C19H24N4O5S/c1-14-4-3-9-22(13-14)29(26,27)16-5-6-17(18(11-16)23(24)25)21-12-15-7-8-20-19(10-15)28-2/h5-8,10-11,14,21H,3-4,9,12-13H2,1-2H3. The normalized spacial score (nSPS) is 17.7. The molecule has 0 spiro atoms. The summed E-state index contributed by atoms with van der Waals surface area (Å²) in [6, 6.07) is 7.46. The predicted molar refractivity (Wildman–Crippen MR) is 108 cm³/mol. The lowest BCUT2D eigenvalue weighted by Crippen LogP contribution is -2.39.